The fourth-order valence-electron chi connectivity index (χ4n) is 3.06. The lowest BCUT2D eigenvalue weighted by molar-refractivity contribution is -0.172. The van der Waals surface area contributed by atoms with Crippen molar-refractivity contribution in [3.63, 3.8) is 0 Å². The van der Waals surface area contributed by atoms with Crippen LogP contribution in [0.3, 0.4) is 0 Å². The number of rotatable bonds is 2. The summed E-state index contributed by atoms with van der Waals surface area (Å²) in [6.07, 6.45) is 6.29. The van der Waals surface area contributed by atoms with Gasteiger partial charge in [-0.3, -0.25) is 4.99 Å². The Balaban J connectivity index is 1.91. The molecule has 0 aliphatic carbocycles. The molecule has 3 unspecified atom stereocenters. The smallest absolute Gasteiger partial charge is 0.185 e. The molecule has 0 aromatic carbocycles. The van der Waals surface area contributed by atoms with Gasteiger partial charge in [0, 0.05) is 19.7 Å². The molecule has 1 aromatic heterocycles. The lowest BCUT2D eigenvalue weighted by Crippen LogP contribution is -2.46. The van der Waals surface area contributed by atoms with Gasteiger partial charge in [0.15, 0.2) is 5.72 Å². The lowest BCUT2D eigenvalue weighted by atomic mass is 9.95. The van der Waals surface area contributed by atoms with Crippen molar-refractivity contribution in [3.05, 3.63) is 24.0 Å². The Morgan fingerprint density at radius 2 is 2.44 bits per heavy atom. The largest absolute Gasteiger partial charge is 0.376 e. The number of ether oxygens (including phenoxy) is 2. The van der Waals surface area contributed by atoms with E-state index in [0.717, 1.165) is 37.1 Å². The molecule has 1 saturated heterocycles. The summed E-state index contributed by atoms with van der Waals surface area (Å²) in [6, 6.07) is 4.05. The van der Waals surface area contributed by atoms with Crippen LogP contribution in [0.2, 0.25) is 0 Å². The van der Waals surface area contributed by atoms with Crippen LogP contribution in [0.4, 0.5) is 0 Å². The van der Waals surface area contributed by atoms with E-state index in [-0.39, 0.29) is 12.2 Å². The quantitative estimate of drug-likeness (QED) is 0.874. The van der Waals surface area contributed by atoms with E-state index in [0.29, 0.717) is 0 Å². The number of aliphatic imine (C=N–C) groups is 1. The molecule has 1 N–H and O–H groups in total. The molecule has 1 aromatic rings. The van der Waals surface area contributed by atoms with Crippen LogP contribution in [0.5, 0.6) is 0 Å². The molecule has 0 amide bonds. The molecule has 0 bridgehead atoms. The molecular weight excluding hydrogens is 228 g/mol. The van der Waals surface area contributed by atoms with Crippen molar-refractivity contribution in [2.24, 2.45) is 4.99 Å². The molecule has 3 rings (SSSR count). The third kappa shape index (κ3) is 1.89. The molecule has 3 atom stereocenters. The Hall–Kier alpha value is -1.13. The number of hydrogen-bond acceptors (Lipinski definition) is 3. The Bertz CT molecular complexity index is 441. The summed E-state index contributed by atoms with van der Waals surface area (Å²) in [5, 5.41) is 0. The maximum atomic E-state index is 6.14. The zero-order valence-electron chi connectivity index (χ0n) is 11.0. The number of methoxy groups -OCH3 is 1. The third-order valence-corrected chi connectivity index (χ3v) is 3.95. The molecule has 1 spiro atoms. The summed E-state index contributed by atoms with van der Waals surface area (Å²) in [4.78, 5) is 8.08. The van der Waals surface area contributed by atoms with Gasteiger partial charge in [0.2, 0.25) is 0 Å². The summed E-state index contributed by atoms with van der Waals surface area (Å²) >= 11 is 0. The van der Waals surface area contributed by atoms with Gasteiger partial charge in [0.05, 0.1) is 17.5 Å². The second kappa shape index (κ2) is 4.52. The first kappa shape index (κ1) is 11.9. The first-order valence-electron chi connectivity index (χ1n) is 6.66. The molecule has 0 radical (unpaired) electrons. The van der Waals surface area contributed by atoms with Crippen LogP contribution in [-0.4, -0.2) is 35.7 Å². The zero-order valence-corrected chi connectivity index (χ0v) is 11.0. The van der Waals surface area contributed by atoms with Crippen LogP contribution in [0.1, 0.15) is 38.3 Å². The van der Waals surface area contributed by atoms with E-state index in [2.05, 4.69) is 18.0 Å². The average Bonchev–Trinajstić information content (AvgIpc) is 2.96. The van der Waals surface area contributed by atoms with Gasteiger partial charge < -0.3 is 14.5 Å². The zero-order chi connectivity index (χ0) is 12.6. The van der Waals surface area contributed by atoms with Gasteiger partial charge in [-0.25, -0.2) is 0 Å². The van der Waals surface area contributed by atoms with Crippen molar-refractivity contribution in [1.29, 1.82) is 0 Å². The van der Waals surface area contributed by atoms with E-state index in [4.69, 9.17) is 14.5 Å². The maximum Gasteiger partial charge on any atom is 0.185 e. The molecular formula is C14H20N2O2. The summed E-state index contributed by atoms with van der Waals surface area (Å²) < 4.78 is 11.8. The monoisotopic (exact) mass is 248 g/mol. The minimum Gasteiger partial charge on any atom is -0.376 e. The van der Waals surface area contributed by atoms with Gasteiger partial charge in [-0.2, -0.15) is 0 Å². The highest BCUT2D eigenvalue weighted by atomic mass is 16.6. The van der Waals surface area contributed by atoms with E-state index < -0.39 is 5.72 Å². The van der Waals surface area contributed by atoms with Crippen molar-refractivity contribution >= 4 is 5.71 Å². The first-order chi connectivity index (χ1) is 8.73. The van der Waals surface area contributed by atoms with Gasteiger partial charge in [0.25, 0.3) is 0 Å². The molecule has 18 heavy (non-hydrogen) atoms. The van der Waals surface area contributed by atoms with Crippen LogP contribution in [0.15, 0.2) is 23.3 Å². The number of hydrogen-bond donors (Lipinski definition) is 1. The Morgan fingerprint density at radius 3 is 3.11 bits per heavy atom. The second-order valence-electron chi connectivity index (χ2n) is 5.24. The summed E-state index contributed by atoms with van der Waals surface area (Å²) in [7, 11) is 1.75. The Morgan fingerprint density at radius 1 is 1.56 bits per heavy atom. The van der Waals surface area contributed by atoms with Crippen molar-refractivity contribution in [2.45, 2.75) is 50.5 Å². The van der Waals surface area contributed by atoms with Crippen molar-refractivity contribution in [1.82, 2.24) is 4.98 Å². The predicted molar refractivity (Wildman–Crippen MR) is 69.9 cm³/mol. The maximum absolute atomic E-state index is 6.14. The van der Waals surface area contributed by atoms with Crippen molar-refractivity contribution in [2.75, 3.05) is 7.11 Å². The van der Waals surface area contributed by atoms with E-state index in [9.17, 15) is 0 Å². The molecule has 98 valence electrons. The Kier molecular flexibility index (Phi) is 2.99. The van der Waals surface area contributed by atoms with Crippen LogP contribution >= 0.6 is 0 Å². The van der Waals surface area contributed by atoms with Gasteiger partial charge in [-0.05, 0) is 38.3 Å². The summed E-state index contributed by atoms with van der Waals surface area (Å²) in [6.45, 7) is 2.12. The minimum atomic E-state index is -0.452. The fraction of sp³-hybridized carbons (Fsp3) is 0.643. The third-order valence-electron chi connectivity index (χ3n) is 3.95. The number of H-pyrrole nitrogens is 1. The van der Waals surface area contributed by atoms with E-state index in [1.807, 2.05) is 12.3 Å². The fourth-order valence-corrected chi connectivity index (χ4v) is 3.06. The van der Waals surface area contributed by atoms with Crippen LogP contribution in [-0.2, 0) is 9.47 Å². The summed E-state index contributed by atoms with van der Waals surface area (Å²) in [5.74, 6) is 0. The Labute approximate surface area is 107 Å². The normalized spacial score (nSPS) is 36.0. The van der Waals surface area contributed by atoms with Crippen LogP contribution < -0.4 is 0 Å². The lowest BCUT2D eigenvalue weighted by Gasteiger charge is -2.38. The molecule has 4 heteroatoms. The molecule has 2 aliphatic heterocycles. The van der Waals surface area contributed by atoms with Gasteiger partial charge in [-0.1, -0.05) is 0 Å². The standard InChI is InChI=1S/C14H20N2O2/c1-10-5-3-7-14(18-10)13(17-2)9-12(16-14)11-6-4-8-15-11/h4,6,8,10,13,15H,3,5,7,9H2,1-2H3. The van der Waals surface area contributed by atoms with E-state index >= 15 is 0 Å². The predicted octanol–water partition coefficient (Wildman–Crippen LogP) is 2.51. The number of nitrogens with zero attached hydrogens (tertiary/aromatic N) is 1. The highest BCUT2D eigenvalue weighted by Crippen LogP contribution is 2.40. The minimum absolute atomic E-state index is 0.0403. The number of aromatic nitrogens is 1. The SMILES string of the molecule is COC1CC(c2ccc[nH]2)=NC12CCCC(C)O2. The van der Waals surface area contributed by atoms with Gasteiger partial charge in [0.1, 0.15) is 6.10 Å². The number of nitrogens with one attached hydrogen (secondary N) is 1. The highest BCUT2D eigenvalue weighted by molar-refractivity contribution is 6.01. The van der Waals surface area contributed by atoms with Crippen LogP contribution in [0.25, 0.3) is 0 Å². The average molecular weight is 248 g/mol. The molecule has 2 aliphatic rings. The molecule has 3 heterocycles. The molecule has 0 saturated carbocycles. The topological polar surface area (TPSA) is 46.6 Å². The van der Waals surface area contributed by atoms with Crippen molar-refractivity contribution < 1.29 is 9.47 Å². The van der Waals surface area contributed by atoms with E-state index in [1.54, 1.807) is 7.11 Å². The number of aromatic amines is 1. The first-order valence-corrected chi connectivity index (χ1v) is 6.66. The van der Waals surface area contributed by atoms with Crippen LogP contribution in [0, 0.1) is 0 Å². The van der Waals surface area contributed by atoms with E-state index in [1.165, 1.54) is 0 Å². The second-order valence-corrected chi connectivity index (χ2v) is 5.24. The van der Waals surface area contributed by atoms with Gasteiger partial charge in [-0.15, -0.1) is 0 Å². The van der Waals surface area contributed by atoms with Gasteiger partial charge >= 0.3 is 0 Å². The molecule has 4 nitrogen and oxygen atoms in total. The van der Waals surface area contributed by atoms with Crippen molar-refractivity contribution in [3.8, 4) is 0 Å². The molecule has 1 fully saturated rings. The summed E-state index contributed by atoms with van der Waals surface area (Å²) in [5.41, 5.74) is 1.70. The highest BCUT2D eigenvalue weighted by Gasteiger charge is 2.48.